The molecule has 0 aliphatic heterocycles. The summed E-state index contributed by atoms with van der Waals surface area (Å²) in [6.07, 6.45) is -4.40. The highest BCUT2D eigenvalue weighted by Gasteiger charge is 2.42. The molecule has 2 aromatic rings. The fourth-order valence-electron chi connectivity index (χ4n) is 2.63. The van der Waals surface area contributed by atoms with Crippen LogP contribution < -0.4 is 4.72 Å². The molecule has 1 aromatic heterocycles. The van der Waals surface area contributed by atoms with E-state index < -0.39 is 46.1 Å². The third kappa shape index (κ3) is 6.05. The summed E-state index contributed by atoms with van der Waals surface area (Å²) in [7, 11) is -1.91. The third-order valence-corrected chi connectivity index (χ3v) is 5.62. The SMILES string of the molecule is CC(C)(C)OC(=O)n1cc(C[C@@H](NS(=O)C(C)(C)C)C(F)(F)F)c2ccccc21. The molecule has 2 rings (SSSR count). The van der Waals surface area contributed by atoms with Crippen molar-refractivity contribution in [2.45, 2.75) is 70.5 Å². The highest BCUT2D eigenvalue weighted by molar-refractivity contribution is 7.84. The second-order valence-corrected chi connectivity index (χ2v) is 10.8. The van der Waals surface area contributed by atoms with Crippen LogP contribution in [0.2, 0.25) is 0 Å². The van der Waals surface area contributed by atoms with E-state index in [-0.39, 0.29) is 0 Å². The van der Waals surface area contributed by atoms with Crippen molar-refractivity contribution in [1.29, 1.82) is 0 Å². The number of benzene rings is 1. The van der Waals surface area contributed by atoms with Crippen LogP contribution in [0.5, 0.6) is 0 Å². The predicted octanol–water partition coefficient (Wildman–Crippen LogP) is 4.95. The lowest BCUT2D eigenvalue weighted by Crippen LogP contribution is -2.48. The van der Waals surface area contributed by atoms with Crippen LogP contribution in [-0.4, -0.2) is 37.4 Å². The minimum absolute atomic E-state index is 0.312. The van der Waals surface area contributed by atoms with Crippen LogP contribution in [0, 0.1) is 0 Å². The van der Waals surface area contributed by atoms with Crippen molar-refractivity contribution in [3.05, 3.63) is 36.0 Å². The van der Waals surface area contributed by atoms with E-state index in [1.54, 1.807) is 65.8 Å². The molecule has 0 spiro atoms. The van der Waals surface area contributed by atoms with Crippen molar-refractivity contribution in [3.63, 3.8) is 0 Å². The van der Waals surface area contributed by atoms with Crippen LogP contribution in [0.25, 0.3) is 10.9 Å². The first-order valence-corrected chi connectivity index (χ1v) is 10.3. The molecule has 5 nitrogen and oxygen atoms in total. The second kappa shape index (κ2) is 8.10. The van der Waals surface area contributed by atoms with E-state index >= 15 is 0 Å². The van der Waals surface area contributed by atoms with Crippen LogP contribution in [-0.2, 0) is 22.1 Å². The number of para-hydroxylation sites is 1. The Hall–Kier alpha value is -1.87. The zero-order valence-corrected chi connectivity index (χ0v) is 18.2. The van der Waals surface area contributed by atoms with Crippen LogP contribution in [0.3, 0.4) is 0 Å². The van der Waals surface area contributed by atoms with E-state index in [1.165, 1.54) is 10.8 Å². The molecule has 29 heavy (non-hydrogen) atoms. The molecule has 9 heteroatoms. The number of halogens is 3. The number of rotatable bonds is 4. The van der Waals surface area contributed by atoms with E-state index in [2.05, 4.69) is 4.72 Å². The number of nitrogens with one attached hydrogen (secondary N) is 1. The third-order valence-electron chi connectivity index (χ3n) is 4.01. The van der Waals surface area contributed by atoms with E-state index in [0.29, 0.717) is 16.5 Å². The van der Waals surface area contributed by atoms with E-state index in [9.17, 15) is 22.2 Å². The standard InChI is InChI=1S/C20H27F3N2O3S/c1-18(2,3)28-17(26)25-12-13(14-9-7-8-10-15(14)25)11-16(20(21,22)23)24-29(27)19(4,5)6/h7-10,12,16,24H,11H2,1-6H3/t16-,29?/m1/s1. The van der Waals surface area contributed by atoms with Gasteiger partial charge in [0.1, 0.15) is 11.6 Å². The Morgan fingerprint density at radius 1 is 1.14 bits per heavy atom. The quantitative estimate of drug-likeness (QED) is 0.744. The van der Waals surface area contributed by atoms with Gasteiger partial charge in [-0.15, -0.1) is 0 Å². The lowest BCUT2D eigenvalue weighted by Gasteiger charge is -2.25. The van der Waals surface area contributed by atoms with Gasteiger partial charge in [0.2, 0.25) is 0 Å². The maximum atomic E-state index is 13.6. The average Bonchev–Trinajstić information content (AvgIpc) is 2.90. The molecule has 0 amide bonds. The van der Waals surface area contributed by atoms with Gasteiger partial charge in [-0.25, -0.2) is 13.7 Å². The molecule has 2 atom stereocenters. The highest BCUT2D eigenvalue weighted by atomic mass is 32.2. The Morgan fingerprint density at radius 2 is 1.72 bits per heavy atom. The smallest absolute Gasteiger partial charge is 0.419 e. The molecular weight excluding hydrogens is 405 g/mol. The average molecular weight is 433 g/mol. The lowest BCUT2D eigenvalue weighted by atomic mass is 10.1. The summed E-state index contributed by atoms with van der Waals surface area (Å²) in [5, 5.41) is 0.510. The zero-order valence-electron chi connectivity index (χ0n) is 17.4. The first-order valence-electron chi connectivity index (χ1n) is 9.16. The molecule has 1 heterocycles. The van der Waals surface area contributed by atoms with Gasteiger partial charge in [-0.05, 0) is 59.6 Å². The van der Waals surface area contributed by atoms with Crippen molar-refractivity contribution >= 4 is 28.0 Å². The monoisotopic (exact) mass is 432 g/mol. The van der Waals surface area contributed by atoms with Gasteiger partial charge in [-0.2, -0.15) is 13.2 Å². The van der Waals surface area contributed by atoms with Crippen LogP contribution >= 0.6 is 0 Å². The molecule has 0 saturated heterocycles. The molecular formula is C20H27F3N2O3S. The van der Waals surface area contributed by atoms with Gasteiger partial charge in [0.05, 0.1) is 21.2 Å². The maximum absolute atomic E-state index is 13.6. The minimum Gasteiger partial charge on any atom is -0.443 e. The lowest BCUT2D eigenvalue weighted by molar-refractivity contribution is -0.150. The fourth-order valence-corrected chi connectivity index (χ4v) is 3.45. The molecule has 1 unspecified atom stereocenters. The van der Waals surface area contributed by atoms with Gasteiger partial charge in [-0.1, -0.05) is 18.2 Å². The fraction of sp³-hybridized carbons (Fsp3) is 0.550. The van der Waals surface area contributed by atoms with Crippen molar-refractivity contribution in [2.75, 3.05) is 0 Å². The van der Waals surface area contributed by atoms with Crippen LogP contribution in [0.4, 0.5) is 18.0 Å². The molecule has 0 saturated carbocycles. The molecule has 0 aliphatic carbocycles. The van der Waals surface area contributed by atoms with E-state index in [0.717, 1.165) is 0 Å². The Morgan fingerprint density at radius 3 is 2.24 bits per heavy atom. The number of hydrogen-bond donors (Lipinski definition) is 1. The minimum atomic E-state index is -4.62. The summed E-state index contributed by atoms with van der Waals surface area (Å²) in [4.78, 5) is 12.5. The first kappa shape index (κ1) is 23.4. The molecule has 1 aromatic carbocycles. The second-order valence-electron chi connectivity index (χ2n) is 8.82. The van der Waals surface area contributed by atoms with Crippen LogP contribution in [0.1, 0.15) is 47.1 Å². The summed E-state index contributed by atoms with van der Waals surface area (Å²) in [5.41, 5.74) is 0.0178. The van der Waals surface area contributed by atoms with Gasteiger partial charge >= 0.3 is 12.3 Å². The molecule has 162 valence electrons. The Kier molecular flexibility index (Phi) is 6.54. The summed E-state index contributed by atoms with van der Waals surface area (Å²) < 4.78 is 61.1. The van der Waals surface area contributed by atoms with Crippen LogP contribution in [0.15, 0.2) is 30.5 Å². The maximum Gasteiger partial charge on any atom is 0.419 e. The number of carbonyl (C=O) groups excluding carboxylic acids is 1. The summed E-state index contributed by atoms with van der Waals surface area (Å²) >= 11 is 0. The van der Waals surface area contributed by atoms with Gasteiger partial charge in [-0.3, -0.25) is 4.57 Å². The largest absolute Gasteiger partial charge is 0.443 e. The van der Waals surface area contributed by atoms with E-state index in [4.69, 9.17) is 4.74 Å². The summed E-state index contributed by atoms with van der Waals surface area (Å²) in [5.74, 6) is 0. The van der Waals surface area contributed by atoms with Crippen molar-refractivity contribution in [2.24, 2.45) is 0 Å². The molecule has 1 N–H and O–H groups in total. The molecule has 0 radical (unpaired) electrons. The Labute approximate surface area is 171 Å². The number of carbonyl (C=O) groups is 1. The Bertz CT molecular complexity index is 908. The van der Waals surface area contributed by atoms with Gasteiger partial charge in [0.25, 0.3) is 0 Å². The van der Waals surface area contributed by atoms with E-state index in [1.807, 2.05) is 0 Å². The molecule has 0 fully saturated rings. The number of nitrogens with zero attached hydrogens (tertiary/aromatic N) is 1. The predicted molar refractivity (Wildman–Crippen MR) is 108 cm³/mol. The number of ether oxygens (including phenoxy) is 1. The summed E-state index contributed by atoms with van der Waals surface area (Å²) in [6, 6.07) is 4.65. The number of fused-ring (bicyclic) bond motifs is 1. The zero-order chi connectivity index (χ0) is 22.2. The van der Waals surface area contributed by atoms with Gasteiger partial charge in [0, 0.05) is 11.6 Å². The summed E-state index contributed by atoms with van der Waals surface area (Å²) in [6.45, 7) is 9.92. The number of alkyl halides is 3. The Balaban J connectivity index is 2.44. The van der Waals surface area contributed by atoms with Gasteiger partial charge < -0.3 is 4.74 Å². The molecule has 0 aliphatic rings. The first-order chi connectivity index (χ1) is 13.1. The topological polar surface area (TPSA) is 60.3 Å². The van der Waals surface area contributed by atoms with Gasteiger partial charge in [0.15, 0.2) is 0 Å². The van der Waals surface area contributed by atoms with Crippen molar-refractivity contribution < 1.29 is 26.9 Å². The number of aromatic nitrogens is 1. The molecule has 0 bridgehead atoms. The highest BCUT2D eigenvalue weighted by Crippen LogP contribution is 2.29. The number of hydrogen-bond acceptors (Lipinski definition) is 3. The van der Waals surface area contributed by atoms with Crippen molar-refractivity contribution in [3.8, 4) is 0 Å². The normalized spacial score (nSPS) is 15.3. The van der Waals surface area contributed by atoms with Crippen molar-refractivity contribution in [1.82, 2.24) is 9.29 Å².